The lowest BCUT2D eigenvalue weighted by atomic mass is 10.1. The summed E-state index contributed by atoms with van der Waals surface area (Å²) in [4.78, 5) is 0. The fourth-order valence-corrected chi connectivity index (χ4v) is 2.05. The van der Waals surface area contributed by atoms with E-state index < -0.39 is 5.82 Å². The van der Waals surface area contributed by atoms with E-state index in [2.05, 4.69) is 0 Å². The van der Waals surface area contributed by atoms with Crippen molar-refractivity contribution in [3.8, 4) is 11.8 Å². The zero-order valence-corrected chi connectivity index (χ0v) is 11.8. The van der Waals surface area contributed by atoms with Crippen LogP contribution >= 0.6 is 0 Å². The van der Waals surface area contributed by atoms with E-state index in [9.17, 15) is 4.39 Å². The first kappa shape index (κ1) is 15.0. The second-order valence-electron chi connectivity index (χ2n) is 5.04. The van der Waals surface area contributed by atoms with Crippen molar-refractivity contribution < 1.29 is 9.13 Å². The molecule has 0 aliphatic rings. The van der Waals surface area contributed by atoms with Crippen LogP contribution in [-0.4, -0.2) is 6.04 Å². The summed E-state index contributed by atoms with van der Waals surface area (Å²) in [5.41, 5.74) is 7.67. The molecule has 0 fully saturated rings. The number of nitrogens with two attached hydrogens (primary N) is 1. The van der Waals surface area contributed by atoms with Crippen molar-refractivity contribution in [2.75, 3.05) is 0 Å². The van der Waals surface area contributed by atoms with Gasteiger partial charge in [0.15, 0.2) is 0 Å². The summed E-state index contributed by atoms with van der Waals surface area (Å²) in [6.45, 7) is 2.24. The number of rotatable bonds is 5. The van der Waals surface area contributed by atoms with Crippen LogP contribution < -0.4 is 10.5 Å². The molecule has 0 aliphatic heterocycles. The number of hydrogen-bond acceptors (Lipinski definition) is 3. The van der Waals surface area contributed by atoms with Crippen molar-refractivity contribution in [3.05, 3.63) is 65.0 Å². The van der Waals surface area contributed by atoms with Crippen LogP contribution in [0.15, 0.2) is 42.5 Å². The van der Waals surface area contributed by atoms with Crippen molar-refractivity contribution in [1.29, 1.82) is 5.26 Å². The van der Waals surface area contributed by atoms with Gasteiger partial charge in [0.1, 0.15) is 24.2 Å². The third-order valence-electron chi connectivity index (χ3n) is 3.01. The minimum atomic E-state index is -0.514. The minimum Gasteiger partial charge on any atom is -0.489 e. The molecule has 4 heteroatoms. The lowest BCUT2D eigenvalue weighted by Crippen LogP contribution is -2.17. The molecule has 0 aliphatic carbocycles. The van der Waals surface area contributed by atoms with Gasteiger partial charge in [-0.1, -0.05) is 18.2 Å². The van der Waals surface area contributed by atoms with Crippen LogP contribution in [0.1, 0.15) is 23.6 Å². The maximum Gasteiger partial charge on any atom is 0.140 e. The molecule has 21 heavy (non-hydrogen) atoms. The standard InChI is InChI=1S/C17H17FN2O/c1-12(20)7-13-3-2-4-16(9-13)21-11-14-5-6-17(18)15(8-14)10-19/h2-6,8-9,12H,7,11,20H2,1H3. The number of nitrogens with zero attached hydrogens (tertiary/aromatic N) is 1. The summed E-state index contributed by atoms with van der Waals surface area (Å²) in [5.74, 6) is 0.219. The van der Waals surface area contributed by atoms with Crippen LogP contribution in [0.5, 0.6) is 5.75 Å². The van der Waals surface area contributed by atoms with Gasteiger partial charge in [0, 0.05) is 6.04 Å². The average molecular weight is 284 g/mol. The van der Waals surface area contributed by atoms with Crippen molar-refractivity contribution in [1.82, 2.24) is 0 Å². The predicted octanol–water partition coefficient (Wildman–Crippen LogP) is 3.17. The highest BCUT2D eigenvalue weighted by atomic mass is 19.1. The first-order chi connectivity index (χ1) is 10.1. The highest BCUT2D eigenvalue weighted by molar-refractivity contribution is 5.35. The van der Waals surface area contributed by atoms with Crippen molar-refractivity contribution in [2.45, 2.75) is 26.0 Å². The van der Waals surface area contributed by atoms with Crippen LogP contribution in [0.25, 0.3) is 0 Å². The number of ether oxygens (including phenoxy) is 1. The van der Waals surface area contributed by atoms with Gasteiger partial charge >= 0.3 is 0 Å². The Kier molecular flexibility index (Phi) is 4.91. The van der Waals surface area contributed by atoms with E-state index in [4.69, 9.17) is 15.7 Å². The highest BCUT2D eigenvalue weighted by Crippen LogP contribution is 2.17. The van der Waals surface area contributed by atoms with Gasteiger partial charge in [-0.2, -0.15) is 5.26 Å². The van der Waals surface area contributed by atoms with Crippen molar-refractivity contribution in [3.63, 3.8) is 0 Å². The molecule has 0 heterocycles. The molecular weight excluding hydrogens is 267 g/mol. The van der Waals surface area contributed by atoms with E-state index in [-0.39, 0.29) is 18.2 Å². The second-order valence-corrected chi connectivity index (χ2v) is 5.04. The maximum atomic E-state index is 13.2. The molecule has 2 aromatic carbocycles. The molecule has 0 spiro atoms. The molecule has 0 bridgehead atoms. The van der Waals surface area contributed by atoms with Crippen LogP contribution in [0.4, 0.5) is 4.39 Å². The summed E-state index contributed by atoms with van der Waals surface area (Å²) >= 11 is 0. The number of halogens is 1. The fourth-order valence-electron chi connectivity index (χ4n) is 2.05. The van der Waals surface area contributed by atoms with E-state index in [1.807, 2.05) is 37.3 Å². The Hall–Kier alpha value is -2.38. The van der Waals surface area contributed by atoms with Gasteiger partial charge in [-0.25, -0.2) is 4.39 Å². The second kappa shape index (κ2) is 6.87. The van der Waals surface area contributed by atoms with Crippen molar-refractivity contribution >= 4 is 0 Å². The predicted molar refractivity (Wildman–Crippen MR) is 79.2 cm³/mol. The van der Waals surface area contributed by atoms with E-state index in [0.717, 1.165) is 23.3 Å². The van der Waals surface area contributed by atoms with Gasteiger partial charge in [-0.3, -0.25) is 0 Å². The quantitative estimate of drug-likeness (QED) is 0.917. The van der Waals surface area contributed by atoms with Crippen LogP contribution in [-0.2, 0) is 13.0 Å². The molecule has 0 radical (unpaired) electrons. The molecule has 2 aromatic rings. The number of hydrogen-bond donors (Lipinski definition) is 1. The monoisotopic (exact) mass is 284 g/mol. The van der Waals surface area contributed by atoms with Crippen LogP contribution in [0.2, 0.25) is 0 Å². The van der Waals surface area contributed by atoms with Crippen LogP contribution in [0, 0.1) is 17.1 Å². The topological polar surface area (TPSA) is 59.0 Å². The summed E-state index contributed by atoms with van der Waals surface area (Å²) in [5, 5.41) is 8.81. The Morgan fingerprint density at radius 1 is 1.24 bits per heavy atom. The highest BCUT2D eigenvalue weighted by Gasteiger charge is 2.04. The Morgan fingerprint density at radius 3 is 2.76 bits per heavy atom. The molecule has 3 nitrogen and oxygen atoms in total. The lowest BCUT2D eigenvalue weighted by molar-refractivity contribution is 0.305. The third kappa shape index (κ3) is 4.30. The Balaban J connectivity index is 2.04. The van der Waals surface area contributed by atoms with Gasteiger partial charge < -0.3 is 10.5 Å². The molecule has 2 N–H and O–H groups in total. The molecule has 0 saturated heterocycles. The summed E-state index contributed by atoms with van der Waals surface area (Å²) in [6.07, 6.45) is 0.784. The number of nitriles is 1. The van der Waals surface area contributed by atoms with Crippen molar-refractivity contribution in [2.24, 2.45) is 5.73 Å². The molecular formula is C17H17FN2O. The Labute approximate surface area is 123 Å². The first-order valence-corrected chi connectivity index (χ1v) is 6.74. The van der Waals surface area contributed by atoms with E-state index in [1.54, 1.807) is 6.07 Å². The largest absolute Gasteiger partial charge is 0.489 e. The van der Waals surface area contributed by atoms with Gasteiger partial charge in [0.2, 0.25) is 0 Å². The minimum absolute atomic E-state index is 0.0295. The van der Waals surface area contributed by atoms with E-state index in [0.29, 0.717) is 0 Å². The molecule has 1 atom stereocenters. The summed E-state index contributed by atoms with van der Waals surface area (Å²) in [6, 6.07) is 14.0. The molecule has 0 aromatic heterocycles. The normalized spacial score (nSPS) is 11.7. The third-order valence-corrected chi connectivity index (χ3v) is 3.01. The average Bonchev–Trinajstić information content (AvgIpc) is 2.46. The Morgan fingerprint density at radius 2 is 2.05 bits per heavy atom. The smallest absolute Gasteiger partial charge is 0.140 e. The molecule has 0 amide bonds. The zero-order valence-electron chi connectivity index (χ0n) is 11.8. The van der Waals surface area contributed by atoms with Gasteiger partial charge in [0.05, 0.1) is 5.56 Å². The van der Waals surface area contributed by atoms with Gasteiger partial charge in [-0.15, -0.1) is 0 Å². The first-order valence-electron chi connectivity index (χ1n) is 6.74. The molecule has 0 saturated carbocycles. The molecule has 2 rings (SSSR count). The fraction of sp³-hybridized carbons (Fsp3) is 0.235. The number of benzene rings is 2. The lowest BCUT2D eigenvalue weighted by Gasteiger charge is -2.10. The summed E-state index contributed by atoms with van der Waals surface area (Å²) < 4.78 is 18.9. The van der Waals surface area contributed by atoms with Gasteiger partial charge in [-0.05, 0) is 48.7 Å². The summed E-state index contributed by atoms with van der Waals surface area (Å²) in [7, 11) is 0. The van der Waals surface area contributed by atoms with E-state index >= 15 is 0 Å². The van der Waals surface area contributed by atoms with Crippen LogP contribution in [0.3, 0.4) is 0 Å². The molecule has 108 valence electrons. The zero-order chi connectivity index (χ0) is 15.2. The maximum absolute atomic E-state index is 13.2. The van der Waals surface area contributed by atoms with E-state index in [1.165, 1.54) is 12.1 Å². The molecule has 1 unspecified atom stereocenters. The SMILES string of the molecule is CC(N)Cc1cccc(OCc2ccc(F)c(C#N)c2)c1. The Bertz CT molecular complexity index is 662. The van der Waals surface area contributed by atoms with Gasteiger partial charge in [0.25, 0.3) is 0 Å².